The molecule has 1 aromatic rings. The highest BCUT2D eigenvalue weighted by Gasteiger charge is 2.39. The number of hydrogen-bond acceptors (Lipinski definition) is 3. The van der Waals surface area contributed by atoms with Crippen LogP contribution in [0.15, 0.2) is 24.3 Å². The minimum Gasteiger partial charge on any atom is -0.355 e. The van der Waals surface area contributed by atoms with Crippen molar-refractivity contribution in [3.63, 3.8) is 0 Å². The number of carbonyl (C=O) groups is 3. The largest absolute Gasteiger partial charge is 0.355 e. The lowest BCUT2D eigenvalue weighted by Gasteiger charge is -2.25. The molecule has 6 heteroatoms. The second kappa shape index (κ2) is 7.89. The van der Waals surface area contributed by atoms with Gasteiger partial charge in [0.25, 0.3) is 5.91 Å². The zero-order chi connectivity index (χ0) is 18.7. The van der Waals surface area contributed by atoms with Crippen LogP contribution in [0.3, 0.4) is 0 Å². The number of benzene rings is 1. The molecule has 1 saturated heterocycles. The lowest BCUT2D eigenvalue weighted by Crippen LogP contribution is -2.37. The van der Waals surface area contributed by atoms with Crippen molar-refractivity contribution in [2.75, 3.05) is 20.6 Å². The summed E-state index contributed by atoms with van der Waals surface area (Å²) >= 11 is 0. The quantitative estimate of drug-likeness (QED) is 0.873. The highest BCUT2D eigenvalue weighted by atomic mass is 16.2. The van der Waals surface area contributed by atoms with Crippen molar-refractivity contribution in [2.24, 2.45) is 5.92 Å². The molecule has 1 aliphatic carbocycles. The summed E-state index contributed by atoms with van der Waals surface area (Å²) < 4.78 is 0. The van der Waals surface area contributed by atoms with E-state index in [0.717, 1.165) is 18.4 Å². The minimum atomic E-state index is -0.238. The van der Waals surface area contributed by atoms with Crippen molar-refractivity contribution >= 4 is 17.7 Å². The number of amides is 3. The summed E-state index contributed by atoms with van der Waals surface area (Å²) in [5, 5.41) is 2.59. The van der Waals surface area contributed by atoms with Crippen molar-refractivity contribution in [3.8, 4) is 0 Å². The maximum atomic E-state index is 12.8. The number of nitrogens with one attached hydrogen (secondary N) is 1. The van der Waals surface area contributed by atoms with E-state index in [4.69, 9.17) is 0 Å². The lowest BCUT2D eigenvalue weighted by atomic mass is 10.1. The molecule has 1 heterocycles. The molecular formula is C20H27N3O3. The molecule has 0 radical (unpaired) electrons. The Kier molecular flexibility index (Phi) is 5.59. The van der Waals surface area contributed by atoms with Crippen LogP contribution in [-0.4, -0.2) is 54.2 Å². The summed E-state index contributed by atoms with van der Waals surface area (Å²) in [6, 6.07) is 7.57. The van der Waals surface area contributed by atoms with Gasteiger partial charge < -0.3 is 15.1 Å². The van der Waals surface area contributed by atoms with Crippen molar-refractivity contribution < 1.29 is 14.4 Å². The van der Waals surface area contributed by atoms with Crippen molar-refractivity contribution in [2.45, 2.75) is 44.7 Å². The van der Waals surface area contributed by atoms with Gasteiger partial charge in [0.2, 0.25) is 11.8 Å². The van der Waals surface area contributed by atoms with Crippen LogP contribution < -0.4 is 5.32 Å². The van der Waals surface area contributed by atoms with Crippen LogP contribution in [0.25, 0.3) is 0 Å². The molecule has 1 aromatic carbocycles. The van der Waals surface area contributed by atoms with E-state index < -0.39 is 0 Å². The van der Waals surface area contributed by atoms with E-state index in [1.807, 2.05) is 17.0 Å². The molecule has 3 rings (SSSR count). The highest BCUT2D eigenvalue weighted by Crippen LogP contribution is 2.30. The molecule has 1 atom stereocenters. The summed E-state index contributed by atoms with van der Waals surface area (Å²) in [4.78, 5) is 40.3. The number of likely N-dealkylation sites (tertiary alicyclic amines) is 1. The van der Waals surface area contributed by atoms with Crippen LogP contribution in [0, 0.1) is 5.92 Å². The maximum absolute atomic E-state index is 12.8. The average molecular weight is 357 g/mol. The van der Waals surface area contributed by atoms with Crippen LogP contribution in [0.2, 0.25) is 0 Å². The van der Waals surface area contributed by atoms with Crippen LogP contribution >= 0.6 is 0 Å². The van der Waals surface area contributed by atoms with E-state index in [1.54, 1.807) is 31.1 Å². The van der Waals surface area contributed by atoms with E-state index in [9.17, 15) is 14.4 Å². The Hall–Kier alpha value is -2.37. The first-order chi connectivity index (χ1) is 12.5. The van der Waals surface area contributed by atoms with Crippen LogP contribution in [0.5, 0.6) is 0 Å². The standard InChI is InChI=1S/C20H27N3O3/c1-21-19(25)15-9-7-14(8-10-15)12-22(2)20(26)16-11-18(24)23(13-16)17-5-3-4-6-17/h7-10,16-17H,3-6,11-13H2,1-2H3,(H,21,25)/t16-/m0/s1. The minimum absolute atomic E-state index is 0.0224. The molecule has 140 valence electrons. The molecular weight excluding hydrogens is 330 g/mol. The van der Waals surface area contributed by atoms with Gasteiger partial charge in [-0.25, -0.2) is 0 Å². The Labute approximate surface area is 154 Å². The van der Waals surface area contributed by atoms with E-state index in [-0.39, 0.29) is 23.6 Å². The number of rotatable bonds is 5. The molecule has 3 amide bonds. The van der Waals surface area contributed by atoms with E-state index >= 15 is 0 Å². The Morgan fingerprint density at radius 1 is 1.19 bits per heavy atom. The summed E-state index contributed by atoms with van der Waals surface area (Å²) in [5.41, 5.74) is 1.56. The van der Waals surface area contributed by atoms with Crippen LogP contribution in [0.1, 0.15) is 48.0 Å². The zero-order valence-corrected chi connectivity index (χ0v) is 15.5. The van der Waals surface area contributed by atoms with Gasteiger partial charge in [0.05, 0.1) is 5.92 Å². The third-order valence-electron chi connectivity index (χ3n) is 5.51. The fourth-order valence-electron chi connectivity index (χ4n) is 4.04. The normalized spacial score (nSPS) is 20.5. The molecule has 2 fully saturated rings. The van der Waals surface area contributed by atoms with E-state index in [2.05, 4.69) is 5.32 Å². The molecule has 6 nitrogen and oxygen atoms in total. The lowest BCUT2D eigenvalue weighted by molar-refractivity contribution is -0.135. The number of nitrogens with zero attached hydrogens (tertiary/aromatic N) is 2. The summed E-state index contributed by atoms with van der Waals surface area (Å²) in [6.07, 6.45) is 4.83. The van der Waals surface area contributed by atoms with E-state index in [1.165, 1.54) is 12.8 Å². The first-order valence-corrected chi connectivity index (χ1v) is 9.35. The number of hydrogen-bond donors (Lipinski definition) is 1. The first kappa shape index (κ1) is 18.4. The Morgan fingerprint density at radius 2 is 1.85 bits per heavy atom. The first-order valence-electron chi connectivity index (χ1n) is 9.35. The molecule has 26 heavy (non-hydrogen) atoms. The topological polar surface area (TPSA) is 69.7 Å². The number of carbonyl (C=O) groups excluding carboxylic acids is 3. The Morgan fingerprint density at radius 3 is 2.46 bits per heavy atom. The monoisotopic (exact) mass is 357 g/mol. The van der Waals surface area contributed by atoms with Crippen molar-refractivity contribution in [3.05, 3.63) is 35.4 Å². The smallest absolute Gasteiger partial charge is 0.251 e. The fourth-order valence-corrected chi connectivity index (χ4v) is 4.04. The third-order valence-corrected chi connectivity index (χ3v) is 5.51. The third kappa shape index (κ3) is 3.89. The van der Waals surface area contributed by atoms with E-state index in [0.29, 0.717) is 31.1 Å². The van der Waals surface area contributed by atoms with Gasteiger partial charge in [-0.15, -0.1) is 0 Å². The molecule has 0 aromatic heterocycles. The fraction of sp³-hybridized carbons (Fsp3) is 0.550. The highest BCUT2D eigenvalue weighted by molar-refractivity contribution is 5.94. The van der Waals surface area contributed by atoms with Gasteiger partial charge in [0.15, 0.2) is 0 Å². The van der Waals surface area contributed by atoms with Gasteiger partial charge >= 0.3 is 0 Å². The van der Waals surface area contributed by atoms with Gasteiger partial charge in [0.1, 0.15) is 0 Å². The van der Waals surface area contributed by atoms with Gasteiger partial charge in [0, 0.05) is 45.2 Å². The second-order valence-corrected chi connectivity index (χ2v) is 7.36. The predicted molar refractivity (Wildman–Crippen MR) is 98.4 cm³/mol. The van der Waals surface area contributed by atoms with Gasteiger partial charge in [-0.1, -0.05) is 25.0 Å². The van der Waals surface area contributed by atoms with Gasteiger partial charge in [-0.2, -0.15) is 0 Å². The van der Waals surface area contributed by atoms with Crippen LogP contribution in [0.4, 0.5) is 0 Å². The molecule has 1 aliphatic heterocycles. The summed E-state index contributed by atoms with van der Waals surface area (Å²) in [7, 11) is 3.37. The predicted octanol–water partition coefficient (Wildman–Crippen LogP) is 1.80. The Bertz CT molecular complexity index is 680. The molecule has 2 aliphatic rings. The summed E-state index contributed by atoms with van der Waals surface area (Å²) in [6.45, 7) is 1.03. The molecule has 1 N–H and O–H groups in total. The molecule has 0 spiro atoms. The second-order valence-electron chi connectivity index (χ2n) is 7.36. The summed E-state index contributed by atoms with van der Waals surface area (Å²) in [5.74, 6) is -0.219. The van der Waals surface area contributed by atoms with Crippen molar-refractivity contribution in [1.29, 1.82) is 0 Å². The zero-order valence-electron chi connectivity index (χ0n) is 15.5. The molecule has 1 saturated carbocycles. The Balaban J connectivity index is 1.57. The van der Waals surface area contributed by atoms with Gasteiger partial charge in [-0.05, 0) is 30.5 Å². The van der Waals surface area contributed by atoms with Crippen LogP contribution in [-0.2, 0) is 16.1 Å². The average Bonchev–Trinajstić information content (AvgIpc) is 3.30. The molecule has 0 unspecified atom stereocenters. The molecule has 0 bridgehead atoms. The SMILES string of the molecule is CNC(=O)c1ccc(CN(C)C(=O)[C@H]2CC(=O)N(C3CCCC3)C2)cc1. The van der Waals surface area contributed by atoms with Crippen molar-refractivity contribution in [1.82, 2.24) is 15.1 Å². The van der Waals surface area contributed by atoms with Gasteiger partial charge in [-0.3, -0.25) is 14.4 Å². The maximum Gasteiger partial charge on any atom is 0.251 e.